The molecule has 0 unspecified atom stereocenters. The molecule has 1 aliphatic carbocycles. The number of aromatic nitrogens is 2. The summed E-state index contributed by atoms with van der Waals surface area (Å²) in [6.07, 6.45) is 8.21. The largest absolute Gasteiger partial charge is 0.393 e. The Labute approximate surface area is 210 Å². The number of aliphatic hydroxyl groups excluding tert-OH is 1. The molecule has 5 rings (SSSR count). The van der Waals surface area contributed by atoms with Gasteiger partial charge in [-0.1, -0.05) is 31.5 Å². The standard InChI is InChI=1S/C28H42N6O/c1-3-4-11-29-28-30-17-26-25-10-7-22(18-33-14-12-32(2)13-15-33)16-23(25)20-34(27(26)31-28)19-21-5-8-24(35)9-6-21/h7,10,16-17,21,24,35H,3-6,8-9,11-15,18-20H2,1-2H3,(H,29,30,31). The lowest BCUT2D eigenvalue weighted by Gasteiger charge is -2.36. The van der Waals surface area contributed by atoms with E-state index in [2.05, 4.69) is 57.2 Å². The molecule has 0 bridgehead atoms. The van der Waals surface area contributed by atoms with Gasteiger partial charge in [0.15, 0.2) is 0 Å². The maximum atomic E-state index is 9.99. The first-order valence-electron chi connectivity index (χ1n) is 13.7. The van der Waals surface area contributed by atoms with Crippen LogP contribution in [-0.4, -0.2) is 77.3 Å². The zero-order valence-electron chi connectivity index (χ0n) is 21.5. The molecule has 1 aromatic carbocycles. The number of aliphatic hydroxyl groups is 1. The first-order chi connectivity index (χ1) is 17.1. The zero-order valence-corrected chi connectivity index (χ0v) is 21.5. The van der Waals surface area contributed by atoms with Gasteiger partial charge >= 0.3 is 0 Å². The smallest absolute Gasteiger partial charge is 0.224 e. The van der Waals surface area contributed by atoms with Crippen LogP contribution in [0.15, 0.2) is 24.4 Å². The molecule has 0 atom stereocenters. The summed E-state index contributed by atoms with van der Waals surface area (Å²) in [4.78, 5) is 17.2. The molecule has 2 aliphatic heterocycles. The van der Waals surface area contributed by atoms with Gasteiger partial charge in [-0.2, -0.15) is 4.98 Å². The van der Waals surface area contributed by atoms with E-state index in [1.165, 1.54) is 16.7 Å². The molecule has 0 radical (unpaired) electrons. The lowest BCUT2D eigenvalue weighted by molar-refractivity contribution is 0.110. The molecular formula is C28H42N6O. The van der Waals surface area contributed by atoms with Crippen LogP contribution in [-0.2, 0) is 13.1 Å². The van der Waals surface area contributed by atoms with E-state index in [9.17, 15) is 5.11 Å². The molecule has 2 N–H and O–H groups in total. The van der Waals surface area contributed by atoms with Crippen LogP contribution in [0.2, 0.25) is 0 Å². The van der Waals surface area contributed by atoms with Gasteiger partial charge in [-0.05, 0) is 61.8 Å². The second-order valence-corrected chi connectivity index (χ2v) is 10.8. The summed E-state index contributed by atoms with van der Waals surface area (Å²) in [5, 5.41) is 13.4. The Morgan fingerprint density at radius 3 is 2.63 bits per heavy atom. The summed E-state index contributed by atoms with van der Waals surface area (Å²) >= 11 is 0. The van der Waals surface area contributed by atoms with Crippen LogP contribution in [0.1, 0.15) is 56.6 Å². The fourth-order valence-corrected chi connectivity index (χ4v) is 5.74. The first-order valence-corrected chi connectivity index (χ1v) is 13.7. The minimum atomic E-state index is -0.116. The summed E-state index contributed by atoms with van der Waals surface area (Å²) in [7, 11) is 2.21. The molecule has 3 aliphatic rings. The third-order valence-corrected chi connectivity index (χ3v) is 8.00. The van der Waals surface area contributed by atoms with Crippen molar-refractivity contribution in [1.29, 1.82) is 0 Å². The maximum absolute atomic E-state index is 9.99. The summed E-state index contributed by atoms with van der Waals surface area (Å²) < 4.78 is 0. The molecular weight excluding hydrogens is 436 g/mol. The van der Waals surface area contributed by atoms with Gasteiger partial charge in [0.1, 0.15) is 5.82 Å². The van der Waals surface area contributed by atoms with Crippen LogP contribution in [0.4, 0.5) is 11.8 Å². The molecule has 7 heteroatoms. The van der Waals surface area contributed by atoms with E-state index in [4.69, 9.17) is 4.98 Å². The number of hydrogen-bond acceptors (Lipinski definition) is 7. The molecule has 1 aromatic heterocycles. The van der Waals surface area contributed by atoms with Crippen molar-refractivity contribution in [3.05, 3.63) is 35.5 Å². The van der Waals surface area contributed by atoms with Crippen LogP contribution >= 0.6 is 0 Å². The Hall–Kier alpha value is -2.22. The van der Waals surface area contributed by atoms with E-state index in [0.717, 1.165) is 108 Å². The highest BCUT2D eigenvalue weighted by molar-refractivity contribution is 5.81. The quantitative estimate of drug-likeness (QED) is 0.557. The van der Waals surface area contributed by atoms with Crippen molar-refractivity contribution in [2.45, 2.75) is 64.6 Å². The molecule has 7 nitrogen and oxygen atoms in total. The Balaban J connectivity index is 1.38. The molecule has 3 heterocycles. The summed E-state index contributed by atoms with van der Waals surface area (Å²) in [5.41, 5.74) is 5.21. The fraction of sp³-hybridized carbons (Fsp3) is 0.643. The van der Waals surface area contributed by atoms with Crippen LogP contribution in [0.3, 0.4) is 0 Å². The molecule has 1 saturated heterocycles. The second-order valence-electron chi connectivity index (χ2n) is 10.8. The molecule has 0 spiro atoms. The molecule has 2 aromatic rings. The number of rotatable bonds is 8. The van der Waals surface area contributed by atoms with E-state index in [0.29, 0.717) is 5.92 Å². The average molecular weight is 479 g/mol. The SMILES string of the molecule is CCCCNc1ncc2c(n1)N(CC1CCC(O)CC1)Cc1cc(CN3CCN(C)CC3)ccc1-2. The predicted molar refractivity (Wildman–Crippen MR) is 143 cm³/mol. The monoisotopic (exact) mass is 478 g/mol. The first kappa shape index (κ1) is 24.5. The number of benzene rings is 1. The van der Waals surface area contributed by atoms with Gasteiger partial charge in [-0.3, -0.25) is 4.90 Å². The van der Waals surface area contributed by atoms with Gasteiger partial charge in [0.25, 0.3) is 0 Å². The summed E-state index contributed by atoms with van der Waals surface area (Å²) in [6, 6.07) is 7.01. The van der Waals surface area contributed by atoms with Crippen LogP contribution < -0.4 is 10.2 Å². The fourth-order valence-electron chi connectivity index (χ4n) is 5.74. The zero-order chi connectivity index (χ0) is 24.2. The number of fused-ring (bicyclic) bond motifs is 3. The molecule has 35 heavy (non-hydrogen) atoms. The highest BCUT2D eigenvalue weighted by atomic mass is 16.3. The number of nitrogens with one attached hydrogen (secondary N) is 1. The molecule has 2 fully saturated rings. The van der Waals surface area contributed by atoms with Gasteiger partial charge in [0.2, 0.25) is 5.95 Å². The van der Waals surface area contributed by atoms with Crippen molar-refractivity contribution >= 4 is 11.8 Å². The van der Waals surface area contributed by atoms with Crippen molar-refractivity contribution in [3.8, 4) is 11.1 Å². The van der Waals surface area contributed by atoms with Crippen molar-refractivity contribution in [1.82, 2.24) is 19.8 Å². The Bertz CT molecular complexity index is 981. The Morgan fingerprint density at radius 1 is 1.06 bits per heavy atom. The van der Waals surface area contributed by atoms with Crippen molar-refractivity contribution in [3.63, 3.8) is 0 Å². The van der Waals surface area contributed by atoms with E-state index < -0.39 is 0 Å². The number of likely N-dealkylation sites (N-methyl/N-ethyl adjacent to an activating group) is 1. The van der Waals surface area contributed by atoms with Crippen LogP contribution in [0, 0.1) is 5.92 Å². The van der Waals surface area contributed by atoms with E-state index >= 15 is 0 Å². The third-order valence-electron chi connectivity index (χ3n) is 8.00. The number of hydrogen-bond donors (Lipinski definition) is 2. The topological polar surface area (TPSA) is 67.8 Å². The maximum Gasteiger partial charge on any atom is 0.224 e. The van der Waals surface area contributed by atoms with E-state index in [-0.39, 0.29) is 6.10 Å². The van der Waals surface area contributed by atoms with Gasteiger partial charge < -0.3 is 20.2 Å². The normalized spacial score (nSPS) is 23.1. The van der Waals surface area contributed by atoms with Crippen LogP contribution in [0.25, 0.3) is 11.1 Å². The number of piperazine rings is 1. The Morgan fingerprint density at radius 2 is 1.86 bits per heavy atom. The number of anilines is 2. The molecule has 190 valence electrons. The Kier molecular flexibility index (Phi) is 7.85. The molecule has 0 amide bonds. The second kappa shape index (κ2) is 11.2. The minimum absolute atomic E-state index is 0.116. The van der Waals surface area contributed by atoms with Crippen molar-refractivity contribution in [2.75, 3.05) is 56.5 Å². The van der Waals surface area contributed by atoms with E-state index in [1.807, 2.05) is 6.20 Å². The highest BCUT2D eigenvalue weighted by Crippen LogP contribution is 2.40. The number of unbranched alkanes of at least 4 members (excludes halogenated alkanes) is 1. The lowest BCUT2D eigenvalue weighted by atomic mass is 9.86. The highest BCUT2D eigenvalue weighted by Gasteiger charge is 2.29. The average Bonchev–Trinajstić information content (AvgIpc) is 2.87. The van der Waals surface area contributed by atoms with Gasteiger partial charge in [0, 0.05) is 64.1 Å². The lowest BCUT2D eigenvalue weighted by Crippen LogP contribution is -2.43. The minimum Gasteiger partial charge on any atom is -0.393 e. The third kappa shape index (κ3) is 5.96. The summed E-state index contributed by atoms with van der Waals surface area (Å²) in [5.74, 6) is 2.40. The van der Waals surface area contributed by atoms with Gasteiger partial charge in [0.05, 0.1) is 6.10 Å². The van der Waals surface area contributed by atoms with Crippen molar-refractivity contribution in [2.24, 2.45) is 5.92 Å². The van der Waals surface area contributed by atoms with Gasteiger partial charge in [-0.15, -0.1) is 0 Å². The molecule has 1 saturated carbocycles. The summed E-state index contributed by atoms with van der Waals surface area (Å²) in [6.45, 7) is 10.6. The van der Waals surface area contributed by atoms with Crippen molar-refractivity contribution < 1.29 is 5.11 Å². The predicted octanol–water partition coefficient (Wildman–Crippen LogP) is 3.97. The van der Waals surface area contributed by atoms with Crippen LogP contribution in [0.5, 0.6) is 0 Å². The number of nitrogens with zero attached hydrogens (tertiary/aromatic N) is 5. The van der Waals surface area contributed by atoms with E-state index in [1.54, 1.807) is 0 Å². The van der Waals surface area contributed by atoms with Gasteiger partial charge in [-0.25, -0.2) is 4.98 Å².